The minimum Gasteiger partial charge on any atom is -0.370 e. The summed E-state index contributed by atoms with van der Waals surface area (Å²) < 4.78 is 5.89. The van der Waals surface area contributed by atoms with E-state index in [2.05, 4.69) is 29.0 Å². The fraction of sp³-hybridized carbons (Fsp3) is 0.733. The first kappa shape index (κ1) is 16.4. The van der Waals surface area contributed by atoms with Crippen molar-refractivity contribution in [2.75, 3.05) is 18.4 Å². The Bertz CT molecular complexity index is 507. The van der Waals surface area contributed by atoms with Crippen molar-refractivity contribution < 1.29 is 9.53 Å². The number of rotatable bonds is 3. The van der Waals surface area contributed by atoms with Crippen LogP contribution in [-0.2, 0) is 9.53 Å². The summed E-state index contributed by atoms with van der Waals surface area (Å²) in [6.07, 6.45) is 0.133. The van der Waals surface area contributed by atoms with E-state index in [0.717, 1.165) is 23.7 Å². The van der Waals surface area contributed by atoms with Crippen molar-refractivity contribution in [3.05, 3.63) is 10.6 Å². The molecule has 21 heavy (non-hydrogen) atoms. The summed E-state index contributed by atoms with van der Waals surface area (Å²) in [5.74, 6) is -0.00588. The van der Waals surface area contributed by atoms with Crippen molar-refractivity contribution in [2.45, 2.75) is 59.3 Å². The van der Waals surface area contributed by atoms with Gasteiger partial charge >= 0.3 is 0 Å². The number of amides is 1. The zero-order chi connectivity index (χ0) is 15.8. The van der Waals surface area contributed by atoms with E-state index in [9.17, 15) is 4.79 Å². The average molecular weight is 311 g/mol. The second-order valence-electron chi connectivity index (χ2n) is 6.44. The van der Waals surface area contributed by atoms with Gasteiger partial charge in [-0.3, -0.25) is 9.69 Å². The highest BCUT2D eigenvalue weighted by atomic mass is 32.1. The lowest BCUT2D eigenvalue weighted by Gasteiger charge is -2.43. The Hall–Kier alpha value is -0.980. The lowest BCUT2D eigenvalue weighted by Crippen LogP contribution is -2.56. The summed E-state index contributed by atoms with van der Waals surface area (Å²) >= 11 is 1.52. The largest absolute Gasteiger partial charge is 0.370 e. The van der Waals surface area contributed by atoms with E-state index in [0.29, 0.717) is 5.13 Å². The maximum Gasteiger partial charge on any atom is 0.243 e. The number of aryl methyl sites for hydroxylation is 2. The van der Waals surface area contributed by atoms with Crippen LogP contribution in [0.5, 0.6) is 0 Å². The third-order valence-electron chi connectivity index (χ3n) is 3.78. The monoisotopic (exact) mass is 311 g/mol. The summed E-state index contributed by atoms with van der Waals surface area (Å²) in [5, 5.41) is 3.61. The number of ether oxygens (including phenoxy) is 1. The van der Waals surface area contributed by atoms with Gasteiger partial charge in [0.25, 0.3) is 0 Å². The molecule has 1 aromatic rings. The molecule has 5 nitrogen and oxygen atoms in total. The number of aromatic nitrogens is 1. The van der Waals surface area contributed by atoms with Crippen LogP contribution in [0, 0.1) is 13.8 Å². The zero-order valence-electron chi connectivity index (χ0n) is 13.7. The molecular formula is C15H25N3O2S. The standard InChI is InChI=1S/C15H25N3O2S/c1-9-7-18(8-15(5,6)20-9)11(3)13(19)17-14-16-10(2)12(4)21-14/h9,11H,7-8H2,1-6H3,(H,16,17,19). The molecule has 1 saturated heterocycles. The van der Waals surface area contributed by atoms with Crippen LogP contribution in [0.2, 0.25) is 0 Å². The summed E-state index contributed by atoms with van der Waals surface area (Å²) in [5.41, 5.74) is 0.754. The van der Waals surface area contributed by atoms with Crippen molar-refractivity contribution in [1.82, 2.24) is 9.88 Å². The molecule has 0 bridgehead atoms. The zero-order valence-corrected chi connectivity index (χ0v) is 14.5. The molecule has 1 aliphatic heterocycles. The molecule has 1 amide bonds. The van der Waals surface area contributed by atoms with Gasteiger partial charge in [0.05, 0.1) is 23.4 Å². The summed E-state index contributed by atoms with van der Waals surface area (Å²) in [6.45, 7) is 13.6. The van der Waals surface area contributed by atoms with Crippen LogP contribution in [0.15, 0.2) is 0 Å². The van der Waals surface area contributed by atoms with Crippen molar-refractivity contribution in [3.63, 3.8) is 0 Å². The lowest BCUT2D eigenvalue weighted by molar-refractivity contribution is -0.145. The van der Waals surface area contributed by atoms with Gasteiger partial charge in [-0.2, -0.15) is 0 Å². The molecule has 2 rings (SSSR count). The van der Waals surface area contributed by atoms with E-state index in [-0.39, 0.29) is 23.7 Å². The van der Waals surface area contributed by atoms with Crippen molar-refractivity contribution in [2.24, 2.45) is 0 Å². The van der Waals surface area contributed by atoms with Crippen LogP contribution in [0.3, 0.4) is 0 Å². The summed E-state index contributed by atoms with van der Waals surface area (Å²) in [6, 6.07) is -0.194. The Morgan fingerprint density at radius 1 is 1.52 bits per heavy atom. The highest BCUT2D eigenvalue weighted by Gasteiger charge is 2.35. The predicted octanol–water partition coefficient (Wildman–Crippen LogP) is 2.59. The summed E-state index contributed by atoms with van der Waals surface area (Å²) in [4.78, 5) is 20.1. The Balaban J connectivity index is 2.01. The molecule has 0 aliphatic carbocycles. The number of hydrogen-bond donors (Lipinski definition) is 1. The molecule has 6 heteroatoms. The maximum atomic E-state index is 12.4. The van der Waals surface area contributed by atoms with Crippen LogP contribution < -0.4 is 5.32 Å². The van der Waals surface area contributed by atoms with E-state index < -0.39 is 0 Å². The van der Waals surface area contributed by atoms with Crippen molar-refractivity contribution in [3.8, 4) is 0 Å². The Morgan fingerprint density at radius 3 is 2.71 bits per heavy atom. The van der Waals surface area contributed by atoms with Gasteiger partial charge in [-0.05, 0) is 41.5 Å². The van der Waals surface area contributed by atoms with Gasteiger partial charge in [-0.25, -0.2) is 4.98 Å². The van der Waals surface area contributed by atoms with Gasteiger partial charge in [0.2, 0.25) is 5.91 Å². The Labute approximate surface area is 130 Å². The molecule has 1 N–H and O–H groups in total. The Kier molecular flexibility index (Phi) is 4.70. The van der Waals surface area contributed by atoms with Gasteiger partial charge in [0.1, 0.15) is 0 Å². The van der Waals surface area contributed by atoms with Gasteiger partial charge in [0, 0.05) is 18.0 Å². The molecule has 0 radical (unpaired) electrons. The van der Waals surface area contributed by atoms with Crippen LogP contribution >= 0.6 is 11.3 Å². The number of thiazole rings is 1. The molecule has 0 spiro atoms. The number of carbonyl (C=O) groups excluding carboxylic acids is 1. The first-order chi connectivity index (χ1) is 9.68. The van der Waals surface area contributed by atoms with E-state index >= 15 is 0 Å². The van der Waals surface area contributed by atoms with Gasteiger partial charge < -0.3 is 10.1 Å². The molecule has 2 unspecified atom stereocenters. The minimum atomic E-state index is -0.222. The number of carbonyl (C=O) groups is 1. The number of hydrogen-bond acceptors (Lipinski definition) is 5. The summed E-state index contributed by atoms with van der Waals surface area (Å²) in [7, 11) is 0. The van der Waals surface area contributed by atoms with Gasteiger partial charge in [0.15, 0.2) is 5.13 Å². The molecule has 2 heterocycles. The molecular weight excluding hydrogens is 286 g/mol. The molecule has 1 aliphatic rings. The quantitative estimate of drug-likeness (QED) is 0.932. The average Bonchev–Trinajstić information content (AvgIpc) is 2.64. The normalized spacial score (nSPS) is 23.8. The molecule has 0 aromatic carbocycles. The van der Waals surface area contributed by atoms with Crippen LogP contribution in [-0.4, -0.2) is 46.6 Å². The fourth-order valence-corrected chi connectivity index (χ4v) is 3.52. The van der Waals surface area contributed by atoms with Gasteiger partial charge in [-0.15, -0.1) is 11.3 Å². The topological polar surface area (TPSA) is 54.5 Å². The third-order valence-corrected chi connectivity index (χ3v) is 4.77. The van der Waals surface area contributed by atoms with E-state index in [1.165, 1.54) is 11.3 Å². The van der Waals surface area contributed by atoms with E-state index in [1.54, 1.807) is 0 Å². The molecule has 118 valence electrons. The number of morpholine rings is 1. The third kappa shape index (κ3) is 4.02. The Morgan fingerprint density at radius 2 is 2.19 bits per heavy atom. The first-order valence-corrected chi connectivity index (χ1v) is 8.16. The number of nitrogens with zero attached hydrogens (tertiary/aromatic N) is 2. The van der Waals surface area contributed by atoms with Crippen LogP contribution in [0.25, 0.3) is 0 Å². The highest BCUT2D eigenvalue weighted by Crippen LogP contribution is 2.24. The van der Waals surface area contributed by atoms with E-state index in [4.69, 9.17) is 4.74 Å². The van der Waals surface area contributed by atoms with E-state index in [1.807, 2.05) is 27.7 Å². The second kappa shape index (κ2) is 6.02. The van der Waals surface area contributed by atoms with Crippen LogP contribution in [0.4, 0.5) is 5.13 Å². The number of anilines is 1. The second-order valence-corrected chi connectivity index (χ2v) is 7.65. The molecule has 0 saturated carbocycles. The van der Waals surface area contributed by atoms with Crippen molar-refractivity contribution in [1.29, 1.82) is 0 Å². The highest BCUT2D eigenvalue weighted by molar-refractivity contribution is 7.15. The minimum absolute atomic E-state index is 0.00588. The molecule has 2 atom stereocenters. The number of nitrogens with one attached hydrogen (secondary N) is 1. The van der Waals surface area contributed by atoms with Crippen molar-refractivity contribution >= 4 is 22.4 Å². The predicted molar refractivity (Wildman–Crippen MR) is 85.9 cm³/mol. The molecule has 1 aromatic heterocycles. The van der Waals surface area contributed by atoms with Crippen LogP contribution in [0.1, 0.15) is 38.3 Å². The molecule has 1 fully saturated rings. The SMILES string of the molecule is Cc1nc(NC(=O)C(C)N2CC(C)OC(C)(C)C2)sc1C. The first-order valence-electron chi connectivity index (χ1n) is 7.35. The smallest absolute Gasteiger partial charge is 0.243 e. The van der Waals surface area contributed by atoms with Gasteiger partial charge in [-0.1, -0.05) is 0 Å². The lowest BCUT2D eigenvalue weighted by atomic mass is 10.0. The fourth-order valence-electron chi connectivity index (χ4n) is 2.70. The maximum absolute atomic E-state index is 12.4.